The van der Waals surface area contributed by atoms with Crippen LogP contribution in [0.25, 0.3) is 11.1 Å². The average Bonchev–Trinajstić information content (AvgIpc) is 3.15. The number of hydrogen-bond acceptors (Lipinski definition) is 4. The smallest absolute Gasteiger partial charge is 0.420 e. The molecule has 0 saturated heterocycles. The summed E-state index contributed by atoms with van der Waals surface area (Å²) in [4.78, 5) is 24.3. The van der Waals surface area contributed by atoms with Crippen molar-refractivity contribution < 1.29 is 13.6 Å². The van der Waals surface area contributed by atoms with Crippen LogP contribution in [0.2, 0.25) is 0 Å². The van der Waals surface area contributed by atoms with E-state index >= 15 is 0 Å². The molecule has 0 unspecified atom stereocenters. The number of nitrogens with zero attached hydrogens (tertiary/aromatic N) is 1. The molecule has 1 aromatic carbocycles. The maximum absolute atomic E-state index is 12.2. The van der Waals surface area contributed by atoms with Crippen LogP contribution in [-0.4, -0.2) is 16.5 Å². The number of oxazole rings is 1. The predicted molar refractivity (Wildman–Crippen MR) is 85.3 cm³/mol. The summed E-state index contributed by atoms with van der Waals surface area (Å²) >= 11 is 0. The Bertz CT molecular complexity index is 858. The zero-order valence-corrected chi connectivity index (χ0v) is 13.0. The Labute approximate surface area is 132 Å². The Hall–Kier alpha value is -2.76. The Balaban J connectivity index is 1.86. The number of hydrogen-bond donors (Lipinski definition) is 1. The van der Waals surface area contributed by atoms with Crippen molar-refractivity contribution in [3.8, 4) is 0 Å². The Morgan fingerprint density at radius 1 is 1.22 bits per heavy atom. The van der Waals surface area contributed by atoms with Crippen molar-refractivity contribution in [1.82, 2.24) is 9.88 Å². The highest BCUT2D eigenvalue weighted by atomic mass is 16.4. The number of rotatable bonds is 5. The summed E-state index contributed by atoms with van der Waals surface area (Å²) in [5.74, 6) is -0.340. The quantitative estimate of drug-likeness (QED) is 0.785. The molecule has 0 saturated carbocycles. The van der Waals surface area contributed by atoms with E-state index in [1.807, 2.05) is 32.0 Å². The molecule has 6 nitrogen and oxygen atoms in total. The zero-order chi connectivity index (χ0) is 16.4. The van der Waals surface area contributed by atoms with Crippen molar-refractivity contribution in [2.24, 2.45) is 5.92 Å². The maximum atomic E-state index is 12.2. The second-order valence-corrected chi connectivity index (χ2v) is 5.75. The van der Waals surface area contributed by atoms with Gasteiger partial charge in [-0.1, -0.05) is 26.0 Å². The van der Waals surface area contributed by atoms with Gasteiger partial charge in [-0.3, -0.25) is 9.36 Å². The number of carbonyl (C=O) groups is 1. The first-order valence-electron chi connectivity index (χ1n) is 7.49. The van der Waals surface area contributed by atoms with Crippen molar-refractivity contribution in [2.75, 3.05) is 0 Å². The first-order chi connectivity index (χ1) is 11.1. The lowest BCUT2D eigenvalue weighted by Crippen LogP contribution is -2.42. The molecule has 3 aromatic rings. The second-order valence-electron chi connectivity index (χ2n) is 5.75. The van der Waals surface area contributed by atoms with Crippen LogP contribution in [0.15, 0.2) is 56.3 Å². The van der Waals surface area contributed by atoms with E-state index in [4.69, 9.17) is 8.83 Å². The average molecular weight is 314 g/mol. The molecule has 2 heterocycles. The van der Waals surface area contributed by atoms with Gasteiger partial charge in [-0.2, -0.15) is 0 Å². The molecule has 1 N–H and O–H groups in total. The third-order valence-corrected chi connectivity index (χ3v) is 3.82. The fourth-order valence-corrected chi connectivity index (χ4v) is 2.45. The molecule has 0 aliphatic carbocycles. The minimum Gasteiger partial charge on any atom is -0.459 e. The third kappa shape index (κ3) is 3.06. The highest BCUT2D eigenvalue weighted by Gasteiger charge is 2.21. The number of aromatic nitrogens is 1. The van der Waals surface area contributed by atoms with Crippen molar-refractivity contribution in [1.29, 1.82) is 0 Å². The molecule has 0 spiro atoms. The third-order valence-electron chi connectivity index (χ3n) is 3.82. The summed E-state index contributed by atoms with van der Waals surface area (Å²) in [6.07, 6.45) is 1.45. The molecule has 120 valence electrons. The molecule has 0 aliphatic heterocycles. The highest BCUT2D eigenvalue weighted by molar-refractivity contribution is 5.91. The number of furan rings is 1. The number of para-hydroxylation sites is 2. The van der Waals surface area contributed by atoms with Crippen LogP contribution >= 0.6 is 0 Å². The van der Waals surface area contributed by atoms with Gasteiger partial charge in [0.15, 0.2) is 11.3 Å². The number of nitrogens with one attached hydrogen (secondary N) is 1. The lowest BCUT2D eigenvalue weighted by molar-refractivity contribution is 0.0892. The first kappa shape index (κ1) is 15.1. The molecule has 1 amide bonds. The molecule has 0 radical (unpaired) electrons. The van der Waals surface area contributed by atoms with E-state index in [1.54, 1.807) is 22.8 Å². The van der Waals surface area contributed by atoms with E-state index < -0.39 is 5.76 Å². The van der Waals surface area contributed by atoms with E-state index in [0.717, 1.165) is 5.52 Å². The van der Waals surface area contributed by atoms with E-state index in [-0.39, 0.29) is 23.6 Å². The van der Waals surface area contributed by atoms with Crippen LogP contribution in [-0.2, 0) is 6.54 Å². The first-order valence-corrected chi connectivity index (χ1v) is 7.49. The van der Waals surface area contributed by atoms with Gasteiger partial charge in [0.05, 0.1) is 11.8 Å². The van der Waals surface area contributed by atoms with Crippen LogP contribution in [0, 0.1) is 5.92 Å². The fraction of sp³-hybridized carbons (Fsp3) is 0.294. The lowest BCUT2D eigenvalue weighted by Gasteiger charge is -2.22. The summed E-state index contributed by atoms with van der Waals surface area (Å²) in [7, 11) is 0. The summed E-state index contributed by atoms with van der Waals surface area (Å²) in [6, 6.07) is 10.3. The molecule has 0 aliphatic rings. The van der Waals surface area contributed by atoms with Crippen LogP contribution < -0.4 is 11.1 Å². The number of amides is 1. The monoisotopic (exact) mass is 314 g/mol. The fourth-order valence-electron chi connectivity index (χ4n) is 2.45. The molecule has 0 fully saturated rings. The van der Waals surface area contributed by atoms with Crippen molar-refractivity contribution in [3.05, 3.63) is 59.0 Å². The summed E-state index contributed by atoms with van der Waals surface area (Å²) in [6.45, 7) is 4.31. The van der Waals surface area contributed by atoms with Gasteiger partial charge in [0.2, 0.25) is 0 Å². The molecular formula is C17H18N2O4. The summed E-state index contributed by atoms with van der Waals surface area (Å²) in [5, 5.41) is 2.91. The van der Waals surface area contributed by atoms with Crippen molar-refractivity contribution >= 4 is 17.0 Å². The van der Waals surface area contributed by atoms with Crippen molar-refractivity contribution in [2.45, 2.75) is 26.4 Å². The molecule has 0 bridgehead atoms. The van der Waals surface area contributed by atoms with E-state index in [9.17, 15) is 9.59 Å². The minimum atomic E-state index is -0.427. The van der Waals surface area contributed by atoms with Crippen LogP contribution in [0.1, 0.15) is 24.4 Å². The SMILES string of the molecule is CC(C)[C@H](Cn1c(=O)oc2ccccc21)NC(=O)c1ccco1. The lowest BCUT2D eigenvalue weighted by atomic mass is 10.0. The van der Waals surface area contributed by atoms with Crippen LogP contribution in [0.3, 0.4) is 0 Å². The Morgan fingerprint density at radius 3 is 2.70 bits per heavy atom. The van der Waals surface area contributed by atoms with Gasteiger partial charge >= 0.3 is 5.76 Å². The summed E-state index contributed by atoms with van der Waals surface area (Å²) < 4.78 is 11.9. The van der Waals surface area contributed by atoms with Crippen LogP contribution in [0.5, 0.6) is 0 Å². The van der Waals surface area contributed by atoms with E-state index in [1.165, 1.54) is 6.26 Å². The molecule has 2 aromatic heterocycles. The van der Waals surface area contributed by atoms with Gasteiger partial charge in [0.25, 0.3) is 5.91 Å². The maximum Gasteiger partial charge on any atom is 0.420 e. The predicted octanol–water partition coefficient (Wildman–Crippen LogP) is 2.64. The number of carbonyl (C=O) groups excluding carboxylic acids is 1. The molecule has 1 atom stereocenters. The van der Waals surface area contributed by atoms with Gasteiger partial charge in [-0.05, 0) is 30.2 Å². The van der Waals surface area contributed by atoms with Crippen molar-refractivity contribution in [3.63, 3.8) is 0 Å². The summed E-state index contributed by atoms with van der Waals surface area (Å²) in [5.41, 5.74) is 1.26. The van der Waals surface area contributed by atoms with Gasteiger partial charge in [0.1, 0.15) is 0 Å². The molecule has 23 heavy (non-hydrogen) atoms. The van der Waals surface area contributed by atoms with Gasteiger partial charge < -0.3 is 14.2 Å². The van der Waals surface area contributed by atoms with Crippen LogP contribution in [0.4, 0.5) is 0 Å². The molecule has 3 rings (SSSR count). The van der Waals surface area contributed by atoms with Gasteiger partial charge in [-0.25, -0.2) is 4.79 Å². The zero-order valence-electron chi connectivity index (χ0n) is 13.0. The second kappa shape index (κ2) is 6.16. The standard InChI is InChI=1S/C17H18N2O4/c1-11(2)12(18-16(20)15-8-5-9-22-15)10-19-13-6-3-4-7-14(13)23-17(19)21/h3-9,11-12H,10H2,1-2H3,(H,18,20)/t12-/m0/s1. The van der Waals surface area contributed by atoms with Gasteiger partial charge in [0, 0.05) is 12.6 Å². The Kier molecular flexibility index (Phi) is 4.06. The number of benzene rings is 1. The largest absolute Gasteiger partial charge is 0.459 e. The van der Waals surface area contributed by atoms with Gasteiger partial charge in [-0.15, -0.1) is 0 Å². The topological polar surface area (TPSA) is 77.4 Å². The highest BCUT2D eigenvalue weighted by Crippen LogP contribution is 2.14. The Morgan fingerprint density at radius 2 is 2.00 bits per heavy atom. The number of fused-ring (bicyclic) bond motifs is 1. The normalized spacial score (nSPS) is 12.7. The van der Waals surface area contributed by atoms with E-state index in [2.05, 4.69) is 5.32 Å². The van der Waals surface area contributed by atoms with E-state index in [0.29, 0.717) is 12.1 Å². The molecular weight excluding hydrogens is 296 g/mol. The minimum absolute atomic E-state index is 0.134. The molecule has 6 heteroatoms.